The molecule has 1 unspecified atom stereocenters. The number of nitrogens with zero attached hydrogens (tertiary/aromatic N) is 2. The molecular weight excluding hydrogens is 554 g/mol. The van der Waals surface area contributed by atoms with Crippen LogP contribution in [0, 0.1) is 0 Å². The Morgan fingerprint density at radius 1 is 1.00 bits per heavy atom. The lowest BCUT2D eigenvalue weighted by molar-refractivity contribution is 0.0513. The summed E-state index contributed by atoms with van der Waals surface area (Å²) >= 11 is 1.35. The van der Waals surface area contributed by atoms with E-state index in [1.54, 1.807) is 48.5 Å². The molecule has 2 aromatic carbocycles. The minimum atomic E-state index is -4.14. The highest BCUT2D eigenvalue weighted by Crippen LogP contribution is 2.42. The van der Waals surface area contributed by atoms with Crippen molar-refractivity contribution in [3.63, 3.8) is 0 Å². The molecule has 2 aromatic heterocycles. The van der Waals surface area contributed by atoms with Gasteiger partial charge in [0.05, 0.1) is 23.5 Å². The molecule has 1 atom stereocenters. The molecule has 4 rings (SSSR count). The van der Waals surface area contributed by atoms with Crippen molar-refractivity contribution in [3.8, 4) is 33.8 Å². The molecule has 4 aromatic rings. The number of nitrogens with one attached hydrogen (secondary N) is 1. The summed E-state index contributed by atoms with van der Waals surface area (Å²) in [6, 6.07) is 16.9. The number of benzene rings is 2. The Bertz CT molecular complexity index is 1540. The quantitative estimate of drug-likeness (QED) is 0.226. The first kappa shape index (κ1) is 29.3. The van der Waals surface area contributed by atoms with Gasteiger partial charge in [0, 0.05) is 0 Å². The second-order valence-electron chi connectivity index (χ2n) is 9.79. The number of aromatic nitrogens is 2. The minimum absolute atomic E-state index is 0.0261. The molecule has 212 valence electrons. The van der Waals surface area contributed by atoms with Crippen LogP contribution in [0.2, 0.25) is 0 Å². The maximum Gasteiger partial charge on any atom is 0.263 e. The van der Waals surface area contributed by atoms with Gasteiger partial charge in [-0.05, 0) is 46.7 Å². The van der Waals surface area contributed by atoms with Crippen LogP contribution in [-0.4, -0.2) is 55.0 Å². The van der Waals surface area contributed by atoms with Crippen LogP contribution in [0.4, 0.5) is 5.82 Å². The highest BCUT2D eigenvalue weighted by atomic mass is 32.2. The molecule has 0 bridgehead atoms. The van der Waals surface area contributed by atoms with Crippen molar-refractivity contribution in [2.45, 2.75) is 37.2 Å². The largest absolute Gasteiger partial charge is 0.493 e. The Balaban J connectivity index is 1.84. The van der Waals surface area contributed by atoms with E-state index in [1.165, 1.54) is 30.6 Å². The lowest BCUT2D eigenvalue weighted by Crippen LogP contribution is -2.22. The Morgan fingerprint density at radius 3 is 2.30 bits per heavy atom. The fraction of sp³-hybridized carbons (Fsp3) is 0.286. The topological polar surface area (TPSA) is 140 Å². The van der Waals surface area contributed by atoms with Crippen LogP contribution in [0.3, 0.4) is 0 Å². The molecule has 3 N–H and O–H groups in total. The summed E-state index contributed by atoms with van der Waals surface area (Å²) in [5.41, 5.74) is 0.825. The van der Waals surface area contributed by atoms with E-state index in [-0.39, 0.29) is 45.9 Å². The van der Waals surface area contributed by atoms with Gasteiger partial charge in [-0.15, -0.1) is 11.3 Å². The van der Waals surface area contributed by atoms with Crippen LogP contribution in [0.5, 0.6) is 23.1 Å². The Morgan fingerprint density at radius 2 is 1.70 bits per heavy atom. The van der Waals surface area contributed by atoms with E-state index < -0.39 is 22.7 Å². The van der Waals surface area contributed by atoms with Crippen LogP contribution in [0.1, 0.15) is 26.3 Å². The summed E-state index contributed by atoms with van der Waals surface area (Å²) in [5, 5.41) is 21.1. The monoisotopic (exact) mass is 585 g/mol. The van der Waals surface area contributed by atoms with E-state index in [2.05, 4.69) is 14.7 Å². The number of thiophene rings is 1. The van der Waals surface area contributed by atoms with Crippen molar-refractivity contribution in [1.29, 1.82) is 0 Å². The number of aliphatic hydroxyl groups excluding tert-OH is 2. The number of rotatable bonds is 11. The van der Waals surface area contributed by atoms with Crippen LogP contribution < -0.4 is 18.9 Å². The first-order valence-corrected chi connectivity index (χ1v) is 14.7. The van der Waals surface area contributed by atoms with Gasteiger partial charge in [-0.1, -0.05) is 51.1 Å². The summed E-state index contributed by atoms with van der Waals surface area (Å²) in [6.45, 7) is 5.24. The van der Waals surface area contributed by atoms with Gasteiger partial charge >= 0.3 is 0 Å². The highest BCUT2D eigenvalue weighted by Gasteiger charge is 2.26. The SMILES string of the molecule is COc1ccccc1Oc1c(NS(=O)(=O)c2ccc(C(C)(C)C)cc2)nc(-c2cccs2)nc1OCC(O)CO. The van der Waals surface area contributed by atoms with Gasteiger partial charge in [-0.25, -0.2) is 13.4 Å². The highest BCUT2D eigenvalue weighted by molar-refractivity contribution is 7.92. The van der Waals surface area contributed by atoms with Crippen LogP contribution >= 0.6 is 11.3 Å². The molecule has 0 aliphatic rings. The fourth-order valence-corrected chi connectivity index (χ4v) is 5.23. The van der Waals surface area contributed by atoms with Crippen LogP contribution in [0.15, 0.2) is 70.9 Å². The van der Waals surface area contributed by atoms with Gasteiger partial charge in [0.2, 0.25) is 5.75 Å². The van der Waals surface area contributed by atoms with Crippen LogP contribution in [0.25, 0.3) is 10.7 Å². The minimum Gasteiger partial charge on any atom is -0.493 e. The molecule has 10 nitrogen and oxygen atoms in total. The second-order valence-corrected chi connectivity index (χ2v) is 12.4. The first-order valence-electron chi connectivity index (χ1n) is 12.3. The van der Waals surface area contributed by atoms with Crippen molar-refractivity contribution < 1.29 is 32.8 Å². The Labute approximate surface area is 237 Å². The third-order valence-electron chi connectivity index (χ3n) is 5.74. The average Bonchev–Trinajstić information content (AvgIpc) is 3.48. The fourth-order valence-electron chi connectivity index (χ4n) is 3.57. The smallest absolute Gasteiger partial charge is 0.263 e. The third-order valence-corrected chi connectivity index (χ3v) is 7.96. The van der Waals surface area contributed by atoms with E-state index in [0.717, 1.165) is 5.56 Å². The Kier molecular flexibility index (Phi) is 8.94. The number of ether oxygens (including phenoxy) is 3. The molecule has 0 fully saturated rings. The van der Waals surface area contributed by atoms with Crippen molar-refractivity contribution in [2.75, 3.05) is 25.0 Å². The van der Waals surface area contributed by atoms with Gasteiger partial charge in [0.1, 0.15) is 12.7 Å². The molecule has 0 aliphatic heterocycles. The molecule has 40 heavy (non-hydrogen) atoms. The zero-order valence-electron chi connectivity index (χ0n) is 22.5. The summed E-state index contributed by atoms with van der Waals surface area (Å²) in [7, 11) is -2.67. The van der Waals surface area contributed by atoms with Gasteiger partial charge in [0.25, 0.3) is 15.9 Å². The number of hydrogen-bond acceptors (Lipinski definition) is 10. The third kappa shape index (κ3) is 6.89. The van der Waals surface area contributed by atoms with Gasteiger partial charge in [-0.3, -0.25) is 4.72 Å². The predicted molar refractivity (Wildman–Crippen MR) is 153 cm³/mol. The lowest BCUT2D eigenvalue weighted by Gasteiger charge is -2.20. The molecule has 0 saturated carbocycles. The first-order chi connectivity index (χ1) is 19.0. The van der Waals surface area contributed by atoms with Crippen LogP contribution in [-0.2, 0) is 15.4 Å². The molecule has 0 aliphatic carbocycles. The summed E-state index contributed by atoms with van der Waals surface area (Å²) in [6.07, 6.45) is -1.21. The molecule has 0 amide bonds. The van der Waals surface area contributed by atoms with E-state index in [1.807, 2.05) is 26.2 Å². The van der Waals surface area contributed by atoms with Gasteiger partial charge in [-0.2, -0.15) is 4.98 Å². The van der Waals surface area contributed by atoms with Crippen molar-refractivity contribution in [1.82, 2.24) is 9.97 Å². The van der Waals surface area contributed by atoms with E-state index in [4.69, 9.17) is 14.2 Å². The van der Waals surface area contributed by atoms with Crippen molar-refractivity contribution in [3.05, 3.63) is 71.6 Å². The van der Waals surface area contributed by atoms with Gasteiger partial charge in [0.15, 0.2) is 23.1 Å². The average molecular weight is 586 g/mol. The molecule has 0 radical (unpaired) electrons. The molecular formula is C28H31N3O7S2. The maximum atomic E-state index is 13.5. The zero-order valence-corrected chi connectivity index (χ0v) is 24.1. The normalized spacial score (nSPS) is 12.6. The molecule has 12 heteroatoms. The molecule has 0 spiro atoms. The predicted octanol–water partition coefficient (Wildman–Crippen LogP) is 4.84. The maximum absolute atomic E-state index is 13.5. The van der Waals surface area contributed by atoms with Crippen molar-refractivity contribution >= 4 is 27.2 Å². The summed E-state index contributed by atoms with van der Waals surface area (Å²) in [4.78, 5) is 9.62. The summed E-state index contributed by atoms with van der Waals surface area (Å²) < 4.78 is 46.9. The molecule has 0 saturated heterocycles. The number of aliphatic hydroxyl groups is 2. The molecule has 2 heterocycles. The number of sulfonamides is 1. The number of hydrogen-bond donors (Lipinski definition) is 3. The van der Waals surface area contributed by atoms with E-state index >= 15 is 0 Å². The standard InChI is InChI=1S/C28H31N3O7S2/c1-28(2,3)18-11-13-20(14-12-18)40(34,35)31-26-24(38-22-9-6-5-8-21(22)36-4)27(37-17-19(33)16-32)30-25(29-26)23-10-7-15-39-23/h5-15,19,32-33H,16-17H2,1-4H3,(H,29,30,31). The summed E-state index contributed by atoms with van der Waals surface area (Å²) in [5.74, 6) is 0.328. The number of anilines is 1. The lowest BCUT2D eigenvalue weighted by atomic mass is 9.87. The van der Waals surface area contributed by atoms with Crippen molar-refractivity contribution in [2.24, 2.45) is 0 Å². The Hall–Kier alpha value is -3.71. The zero-order chi connectivity index (χ0) is 28.9. The number of para-hydroxylation sites is 2. The number of methoxy groups -OCH3 is 1. The van der Waals surface area contributed by atoms with E-state index in [9.17, 15) is 18.6 Å². The second kappa shape index (κ2) is 12.2. The van der Waals surface area contributed by atoms with Gasteiger partial charge < -0.3 is 24.4 Å². The van der Waals surface area contributed by atoms with E-state index in [0.29, 0.717) is 10.6 Å².